The van der Waals surface area contributed by atoms with Crippen LogP contribution < -0.4 is 11.3 Å². The van der Waals surface area contributed by atoms with Gasteiger partial charge in [-0.2, -0.15) is 5.10 Å². The summed E-state index contributed by atoms with van der Waals surface area (Å²) in [7, 11) is 1.93. The molecule has 92 valence electrons. The Morgan fingerprint density at radius 2 is 2.17 bits per heavy atom. The fourth-order valence-electron chi connectivity index (χ4n) is 2.03. The molecule has 0 aliphatic rings. The minimum atomic E-state index is -0.216. The van der Waals surface area contributed by atoms with Crippen molar-refractivity contribution in [2.24, 2.45) is 12.9 Å². The molecule has 3 N–H and O–H groups in total. The average molecular weight is 243 g/mol. The zero-order valence-electron chi connectivity index (χ0n) is 9.85. The van der Waals surface area contributed by atoms with Crippen LogP contribution in [0.3, 0.4) is 0 Å². The van der Waals surface area contributed by atoms with Gasteiger partial charge in [0.05, 0.1) is 17.9 Å². The van der Waals surface area contributed by atoms with E-state index in [1.807, 2.05) is 17.8 Å². The number of aryl methyl sites for hydroxylation is 1. The van der Waals surface area contributed by atoms with Crippen molar-refractivity contribution < 1.29 is 0 Å². The fourth-order valence-corrected chi connectivity index (χ4v) is 2.03. The van der Waals surface area contributed by atoms with Crippen LogP contribution in [-0.2, 0) is 7.05 Å². The summed E-state index contributed by atoms with van der Waals surface area (Å²) < 4.78 is 3.68. The minimum absolute atomic E-state index is 0.216. The predicted octanol–water partition coefficient (Wildman–Crippen LogP) is 0.0155. The minimum Gasteiger partial charge on any atom is -0.336 e. The maximum Gasteiger partial charge on any atom is 0.131 e. The lowest BCUT2D eigenvalue weighted by Crippen LogP contribution is -2.30. The zero-order chi connectivity index (χ0) is 12.5. The van der Waals surface area contributed by atoms with Crippen LogP contribution in [0.5, 0.6) is 0 Å². The molecule has 0 radical (unpaired) electrons. The van der Waals surface area contributed by atoms with Gasteiger partial charge in [0.15, 0.2) is 0 Å². The topological polar surface area (TPSA) is 86.1 Å². The molecule has 1 unspecified atom stereocenters. The number of hydrogen-bond acceptors (Lipinski definition) is 5. The van der Waals surface area contributed by atoms with E-state index in [0.29, 0.717) is 0 Å². The highest BCUT2D eigenvalue weighted by atomic mass is 15.3. The number of nitrogens with two attached hydrogens (primary N) is 1. The highest BCUT2D eigenvalue weighted by Crippen LogP contribution is 2.22. The van der Waals surface area contributed by atoms with E-state index in [4.69, 9.17) is 5.84 Å². The van der Waals surface area contributed by atoms with Gasteiger partial charge in [-0.15, -0.1) is 0 Å². The summed E-state index contributed by atoms with van der Waals surface area (Å²) in [4.78, 5) is 8.42. The van der Waals surface area contributed by atoms with E-state index in [1.54, 1.807) is 35.5 Å². The lowest BCUT2D eigenvalue weighted by Gasteiger charge is -2.14. The van der Waals surface area contributed by atoms with Crippen molar-refractivity contribution in [1.29, 1.82) is 0 Å². The lowest BCUT2D eigenvalue weighted by molar-refractivity contribution is 0.583. The first kappa shape index (κ1) is 10.9. The Labute approximate surface area is 103 Å². The van der Waals surface area contributed by atoms with E-state index in [9.17, 15) is 0 Å². The molecular formula is C11H13N7. The van der Waals surface area contributed by atoms with Gasteiger partial charge in [0.2, 0.25) is 0 Å². The Morgan fingerprint density at radius 1 is 1.28 bits per heavy atom. The molecule has 3 rings (SSSR count). The predicted molar refractivity (Wildman–Crippen MR) is 65.4 cm³/mol. The number of imidazole rings is 1. The third kappa shape index (κ3) is 1.57. The maximum absolute atomic E-state index is 5.65. The van der Waals surface area contributed by atoms with Crippen LogP contribution in [0.15, 0.2) is 37.2 Å². The Balaban J connectivity index is 2.15. The van der Waals surface area contributed by atoms with E-state index in [2.05, 4.69) is 20.5 Å². The van der Waals surface area contributed by atoms with Gasteiger partial charge in [0.1, 0.15) is 11.9 Å². The van der Waals surface area contributed by atoms with Crippen molar-refractivity contribution in [2.45, 2.75) is 6.04 Å². The second-order valence-corrected chi connectivity index (χ2v) is 4.00. The van der Waals surface area contributed by atoms with Crippen molar-refractivity contribution in [3.63, 3.8) is 0 Å². The van der Waals surface area contributed by atoms with Gasteiger partial charge in [0.25, 0.3) is 0 Å². The van der Waals surface area contributed by atoms with Gasteiger partial charge >= 0.3 is 0 Å². The molecule has 18 heavy (non-hydrogen) atoms. The Kier molecular flexibility index (Phi) is 2.54. The third-order valence-corrected chi connectivity index (χ3v) is 2.95. The summed E-state index contributed by atoms with van der Waals surface area (Å²) in [5, 5.41) is 4.27. The van der Waals surface area contributed by atoms with Crippen molar-refractivity contribution >= 4 is 5.52 Å². The summed E-state index contributed by atoms with van der Waals surface area (Å²) in [6.07, 6.45) is 10.6. The number of hydrogen-bond donors (Lipinski definition) is 2. The van der Waals surface area contributed by atoms with E-state index in [-0.39, 0.29) is 6.04 Å². The molecule has 3 aromatic heterocycles. The van der Waals surface area contributed by atoms with Crippen LogP contribution in [0.4, 0.5) is 0 Å². The molecule has 1 atom stereocenters. The molecule has 3 aromatic rings. The van der Waals surface area contributed by atoms with Crippen LogP contribution in [0.25, 0.3) is 5.52 Å². The number of aromatic nitrogens is 5. The van der Waals surface area contributed by atoms with Gasteiger partial charge < -0.3 is 4.57 Å². The van der Waals surface area contributed by atoms with Crippen LogP contribution in [0, 0.1) is 0 Å². The molecule has 0 aliphatic heterocycles. The Bertz CT molecular complexity index is 669. The van der Waals surface area contributed by atoms with Gasteiger partial charge in [-0.3, -0.25) is 10.8 Å². The third-order valence-electron chi connectivity index (χ3n) is 2.95. The van der Waals surface area contributed by atoms with Crippen molar-refractivity contribution in [3.05, 3.63) is 48.6 Å². The lowest BCUT2D eigenvalue weighted by atomic mass is 10.1. The van der Waals surface area contributed by atoms with Crippen LogP contribution in [0.1, 0.15) is 17.4 Å². The first-order chi connectivity index (χ1) is 8.81. The smallest absolute Gasteiger partial charge is 0.131 e. The molecule has 7 nitrogen and oxygen atoms in total. The van der Waals surface area contributed by atoms with Crippen molar-refractivity contribution in [2.75, 3.05) is 0 Å². The largest absolute Gasteiger partial charge is 0.336 e. The summed E-state index contributed by atoms with van der Waals surface area (Å²) >= 11 is 0. The summed E-state index contributed by atoms with van der Waals surface area (Å²) in [6, 6.07) is -0.216. The molecule has 0 aliphatic carbocycles. The standard InChI is InChI=1S/C11H13N7/c1-17-4-3-14-11(17)10(16-12)8-6-15-18-5-2-13-7-9(8)18/h2-7,10,16H,12H2,1H3. The summed E-state index contributed by atoms with van der Waals surface area (Å²) in [5.41, 5.74) is 4.63. The number of nitrogens with one attached hydrogen (secondary N) is 1. The van der Waals surface area contributed by atoms with Crippen molar-refractivity contribution in [1.82, 2.24) is 29.6 Å². The Morgan fingerprint density at radius 3 is 2.89 bits per heavy atom. The molecule has 0 aromatic carbocycles. The zero-order valence-corrected chi connectivity index (χ0v) is 9.85. The van der Waals surface area contributed by atoms with E-state index in [1.165, 1.54) is 0 Å². The molecule has 0 bridgehead atoms. The van der Waals surface area contributed by atoms with Crippen molar-refractivity contribution in [3.8, 4) is 0 Å². The monoisotopic (exact) mass is 243 g/mol. The molecule has 0 saturated carbocycles. The quantitative estimate of drug-likeness (QED) is 0.500. The SMILES string of the molecule is Cn1ccnc1C(NN)c1cnn2ccncc12. The summed E-state index contributed by atoms with van der Waals surface area (Å²) in [5.74, 6) is 6.48. The first-order valence-corrected chi connectivity index (χ1v) is 5.52. The second kappa shape index (κ2) is 4.21. The van der Waals surface area contributed by atoms with E-state index >= 15 is 0 Å². The summed E-state index contributed by atoms with van der Waals surface area (Å²) in [6.45, 7) is 0. The fraction of sp³-hybridized carbons (Fsp3) is 0.182. The molecule has 3 heterocycles. The van der Waals surface area contributed by atoms with Gasteiger partial charge in [0, 0.05) is 37.4 Å². The average Bonchev–Trinajstić information content (AvgIpc) is 2.99. The van der Waals surface area contributed by atoms with Crippen LogP contribution in [-0.4, -0.2) is 24.1 Å². The first-order valence-electron chi connectivity index (χ1n) is 5.52. The van der Waals surface area contributed by atoms with Gasteiger partial charge in [-0.1, -0.05) is 0 Å². The molecule has 0 spiro atoms. The van der Waals surface area contributed by atoms with Gasteiger partial charge in [-0.25, -0.2) is 14.9 Å². The molecule has 0 fully saturated rings. The molecule has 0 saturated heterocycles. The molecule has 0 amide bonds. The number of hydrazine groups is 1. The van der Waals surface area contributed by atoms with Crippen LogP contribution in [0.2, 0.25) is 0 Å². The number of nitrogens with zero attached hydrogens (tertiary/aromatic N) is 5. The van der Waals surface area contributed by atoms with E-state index in [0.717, 1.165) is 16.9 Å². The maximum atomic E-state index is 5.65. The molecule has 7 heteroatoms. The van der Waals surface area contributed by atoms with Gasteiger partial charge in [-0.05, 0) is 0 Å². The van der Waals surface area contributed by atoms with E-state index < -0.39 is 0 Å². The highest BCUT2D eigenvalue weighted by molar-refractivity contribution is 5.54. The second-order valence-electron chi connectivity index (χ2n) is 4.00. The normalized spacial score (nSPS) is 13.0. The Hall–Kier alpha value is -2.25. The number of rotatable bonds is 3. The number of fused-ring (bicyclic) bond motifs is 1. The highest BCUT2D eigenvalue weighted by Gasteiger charge is 2.20. The van der Waals surface area contributed by atoms with Crippen LogP contribution >= 0.6 is 0 Å². The molecular weight excluding hydrogens is 230 g/mol.